The fourth-order valence-corrected chi connectivity index (χ4v) is 11.3. The molecule has 568 valence electrons. The lowest BCUT2D eigenvalue weighted by atomic mass is 9.93. The van der Waals surface area contributed by atoms with Crippen molar-refractivity contribution in [2.45, 2.75) is 257 Å². The molecule has 0 saturated carbocycles. The smallest absolute Gasteiger partial charge is 0.303 e. The average Bonchev–Trinajstić information content (AvgIpc) is 0.758. The molecular formula is C60H83NO40. The maximum atomic E-state index is 13.7. The Balaban J connectivity index is 1.79. The second-order valence-corrected chi connectivity index (χ2v) is 23.0. The summed E-state index contributed by atoms with van der Waals surface area (Å²) in [6.07, 6.45) is -48.9. The van der Waals surface area contributed by atoms with E-state index in [0.29, 0.717) is 0 Å². The number of nitrogens with one attached hydrogen (secondary N) is 1. The van der Waals surface area contributed by atoms with E-state index in [4.69, 9.17) is 109 Å². The monoisotopic (exact) mass is 1460 g/mol. The molecule has 0 unspecified atom stereocenters. The second kappa shape index (κ2) is 38.0. The third-order valence-corrected chi connectivity index (χ3v) is 14.6. The van der Waals surface area contributed by atoms with Crippen LogP contribution in [0.5, 0.6) is 0 Å². The number of aliphatic hydroxyl groups is 2. The van der Waals surface area contributed by atoms with Crippen LogP contribution in [0.15, 0.2) is 0 Å². The molecule has 0 aromatic heterocycles. The molecule has 5 rings (SSSR count). The summed E-state index contributed by atoms with van der Waals surface area (Å²) in [7, 11) is 0. The lowest BCUT2D eigenvalue weighted by molar-refractivity contribution is -0.387. The minimum Gasteiger partial charge on any atom is -0.463 e. The maximum absolute atomic E-state index is 13.7. The van der Waals surface area contributed by atoms with E-state index in [2.05, 4.69) is 5.32 Å². The second-order valence-electron chi connectivity index (χ2n) is 23.0. The minimum atomic E-state index is -2.33. The Bertz CT molecular complexity index is 2990. The number of amides is 1. The highest BCUT2D eigenvalue weighted by molar-refractivity contribution is 5.74. The van der Waals surface area contributed by atoms with Crippen LogP contribution in [0.2, 0.25) is 0 Å². The summed E-state index contributed by atoms with van der Waals surface area (Å²) in [6, 6.07) is -2.05. The SMILES string of the molecule is CC(=O)N[C@H]1[C@H](O[C@H]2[C@@H](OC(C)=O)[C@@H](COC(C)=O)O[C@@H](O[C@H]3[C@H](OC(C)=O)[C@@H](OC(C)=O)[C@H](O)O[C@@H]3CO)[C@@H]2OC(C)=O)O[C@H](COC(C)=O)[C@@H](O[C@@H]2O[C@H](COC(C)=O)[C@H](OC(C)=O)[C@H](O[C@H]3O[C@H](COC(C)=O)[C@H](OC(C)=O)[C@H](OC(C)=O)[C@H]3OC(C)=O)[C@H]2OC(C)=O)[C@@H]1OC(C)=O. The summed E-state index contributed by atoms with van der Waals surface area (Å²) in [6.45, 7) is 9.01. The van der Waals surface area contributed by atoms with Gasteiger partial charge in [0.15, 0.2) is 92.5 Å². The fourth-order valence-electron chi connectivity index (χ4n) is 11.3. The number of esters is 14. The predicted octanol–water partition coefficient (Wildman–Crippen LogP) is -3.79. The van der Waals surface area contributed by atoms with Gasteiger partial charge in [-0.05, 0) is 0 Å². The lowest BCUT2D eigenvalue weighted by Crippen LogP contribution is -2.71. The number of carbonyl (C=O) groups is 15. The van der Waals surface area contributed by atoms with Crippen molar-refractivity contribution < 1.29 is 191 Å². The third-order valence-electron chi connectivity index (χ3n) is 14.6. The molecule has 5 aliphatic heterocycles. The van der Waals surface area contributed by atoms with E-state index >= 15 is 0 Å². The Kier molecular flexibility index (Phi) is 31.4. The summed E-state index contributed by atoms with van der Waals surface area (Å²) < 4.78 is 135. The molecule has 0 spiro atoms. The molecule has 5 saturated heterocycles. The highest BCUT2D eigenvalue weighted by atomic mass is 16.8. The molecule has 3 N–H and O–H groups in total. The van der Waals surface area contributed by atoms with Crippen molar-refractivity contribution in [1.29, 1.82) is 0 Å². The van der Waals surface area contributed by atoms with E-state index < -0.39 is 276 Å². The largest absolute Gasteiger partial charge is 0.463 e. The van der Waals surface area contributed by atoms with Gasteiger partial charge in [0.25, 0.3) is 0 Å². The zero-order chi connectivity index (χ0) is 75.6. The first-order valence-electron chi connectivity index (χ1n) is 31.0. The predicted molar refractivity (Wildman–Crippen MR) is 312 cm³/mol. The van der Waals surface area contributed by atoms with Crippen LogP contribution in [-0.2, 0) is 181 Å². The first-order valence-corrected chi connectivity index (χ1v) is 31.0. The number of ether oxygens (including phenoxy) is 23. The van der Waals surface area contributed by atoms with E-state index in [1.807, 2.05) is 0 Å². The maximum Gasteiger partial charge on any atom is 0.303 e. The molecule has 1 amide bonds. The molecule has 0 aromatic rings. The number of carbonyl (C=O) groups excluding carboxylic acids is 15. The molecule has 5 aliphatic rings. The van der Waals surface area contributed by atoms with Crippen molar-refractivity contribution in [2.75, 3.05) is 33.0 Å². The molecular weight excluding hydrogens is 1370 g/mol. The van der Waals surface area contributed by atoms with E-state index in [1.54, 1.807) is 0 Å². The van der Waals surface area contributed by atoms with Crippen molar-refractivity contribution in [3.05, 3.63) is 0 Å². The number of hydrogen-bond acceptors (Lipinski definition) is 40. The number of rotatable bonds is 28. The first kappa shape index (κ1) is 83.3. The zero-order valence-corrected chi connectivity index (χ0v) is 57.4. The van der Waals surface area contributed by atoms with Crippen LogP contribution in [-0.4, -0.2) is 286 Å². The zero-order valence-electron chi connectivity index (χ0n) is 57.4. The third kappa shape index (κ3) is 24.4. The van der Waals surface area contributed by atoms with Crippen LogP contribution in [0, 0.1) is 0 Å². The van der Waals surface area contributed by atoms with Gasteiger partial charge in [-0.3, -0.25) is 71.9 Å². The van der Waals surface area contributed by atoms with E-state index in [1.165, 1.54) is 0 Å². The molecule has 0 radical (unpaired) electrons. The normalized spacial score (nSPS) is 33.7. The molecule has 0 bridgehead atoms. The van der Waals surface area contributed by atoms with Gasteiger partial charge in [0.1, 0.15) is 87.4 Å². The molecule has 5 fully saturated rings. The Morgan fingerprint density at radius 2 is 0.505 bits per heavy atom. The van der Waals surface area contributed by atoms with Crippen molar-refractivity contribution in [3.8, 4) is 0 Å². The Morgan fingerprint density at radius 3 is 0.822 bits per heavy atom. The van der Waals surface area contributed by atoms with Gasteiger partial charge in [0.05, 0.1) is 6.61 Å². The van der Waals surface area contributed by atoms with Gasteiger partial charge in [-0.15, -0.1) is 0 Å². The van der Waals surface area contributed by atoms with Crippen molar-refractivity contribution in [2.24, 2.45) is 0 Å². The molecule has 101 heavy (non-hydrogen) atoms. The molecule has 41 nitrogen and oxygen atoms in total. The van der Waals surface area contributed by atoms with Gasteiger partial charge in [0.2, 0.25) is 5.91 Å². The van der Waals surface area contributed by atoms with E-state index in [9.17, 15) is 82.1 Å². The van der Waals surface area contributed by atoms with Crippen molar-refractivity contribution >= 4 is 89.5 Å². The topological polar surface area (TPSA) is 521 Å². The van der Waals surface area contributed by atoms with Gasteiger partial charge < -0.3 is 124 Å². The summed E-state index contributed by atoms with van der Waals surface area (Å²) in [4.78, 5) is 195. The number of aliphatic hydroxyl groups excluding tert-OH is 2. The molecule has 41 heteroatoms. The van der Waals surface area contributed by atoms with Gasteiger partial charge in [-0.1, -0.05) is 0 Å². The Labute approximate surface area is 574 Å². The Morgan fingerprint density at radius 1 is 0.267 bits per heavy atom. The quantitative estimate of drug-likeness (QED) is 0.0500. The summed E-state index contributed by atoms with van der Waals surface area (Å²) in [5.41, 5.74) is 0. The standard InChI is InChI=1S/C60H83NO40/c1-21(63)61-41-47(86-29(9)71)43(99-59-55(92-35(15)77)51(46(85-28(8)70)40(96-59)20-82-25(5)67)101-60-53(90-33(13)75)49(88-31(11)73)44(83-26(6)68)38(97-60)18-80-23(3)65)37(17-79-22(2)64)94-57(41)100-50-45(84-27(7)69)39(19-81-24(4)66)95-58(54(50)91-34(14)76)98-42-36(16-62)93-56(78)52(89-32(12)74)48(42)87-30(10)72/h36-60,62,78H,16-20H2,1-15H3,(H,61,63)/t36-,37-,38-,39-,40-,41-,42-,43-,44+,45+,46+,47-,48+,49+,50+,51+,52-,53-,54-,55-,56-,57+,58+,59+,60-/m1/s1. The van der Waals surface area contributed by atoms with Gasteiger partial charge in [-0.2, -0.15) is 0 Å². The van der Waals surface area contributed by atoms with Gasteiger partial charge in [-0.25, -0.2) is 0 Å². The van der Waals surface area contributed by atoms with E-state index in [0.717, 1.165) is 104 Å². The van der Waals surface area contributed by atoms with Crippen molar-refractivity contribution in [3.63, 3.8) is 0 Å². The minimum absolute atomic E-state index is 0.813. The number of hydrogen-bond donors (Lipinski definition) is 3. The summed E-state index contributed by atoms with van der Waals surface area (Å²) in [5.74, 6) is -16.2. The molecule has 25 atom stereocenters. The fraction of sp³-hybridized carbons (Fsp3) is 0.750. The molecule has 5 heterocycles. The van der Waals surface area contributed by atoms with E-state index in [-0.39, 0.29) is 0 Å². The summed E-state index contributed by atoms with van der Waals surface area (Å²) >= 11 is 0. The van der Waals surface area contributed by atoms with Crippen LogP contribution >= 0.6 is 0 Å². The van der Waals surface area contributed by atoms with Crippen LogP contribution < -0.4 is 5.32 Å². The highest BCUT2D eigenvalue weighted by Gasteiger charge is 2.63. The average molecular weight is 1460 g/mol. The van der Waals surface area contributed by atoms with Crippen LogP contribution in [0.4, 0.5) is 0 Å². The Hall–Kier alpha value is -8.39. The summed E-state index contributed by atoms with van der Waals surface area (Å²) in [5, 5.41) is 24.1. The van der Waals surface area contributed by atoms with Crippen LogP contribution in [0.3, 0.4) is 0 Å². The molecule has 0 aromatic carbocycles. The highest BCUT2D eigenvalue weighted by Crippen LogP contribution is 2.41. The van der Waals surface area contributed by atoms with Gasteiger partial charge in [0, 0.05) is 104 Å². The van der Waals surface area contributed by atoms with Crippen LogP contribution in [0.1, 0.15) is 104 Å². The van der Waals surface area contributed by atoms with Crippen LogP contribution in [0.25, 0.3) is 0 Å². The van der Waals surface area contributed by atoms with Gasteiger partial charge >= 0.3 is 83.6 Å². The van der Waals surface area contributed by atoms with Crippen molar-refractivity contribution in [1.82, 2.24) is 5.32 Å². The lowest BCUT2D eigenvalue weighted by Gasteiger charge is -2.52. The molecule has 0 aliphatic carbocycles. The first-order chi connectivity index (χ1) is 47.3.